The Balaban J connectivity index is 1.55. The molecular formula is C22H21N4O5-. The van der Waals surface area contributed by atoms with Gasteiger partial charge in [0, 0.05) is 44.4 Å². The number of amides is 2. The number of carboxylic acid groups (broad SMARTS) is 1. The first-order valence-electron chi connectivity index (χ1n) is 9.82. The minimum atomic E-state index is -1.31. The fourth-order valence-corrected chi connectivity index (χ4v) is 3.41. The molecule has 1 aliphatic rings. The standard InChI is InChI=1S/C22H22N4O5/c23-14-16-4-6-18(7-5-16)31-12-2-9-25-10-11-26(22(30)21(25)29)19(13-20(27)28)17-3-1-8-24-15-17/h1,3-8,15,19H,2,9-13H2,(H,27,28)/p-1. The van der Waals surface area contributed by atoms with Crippen LogP contribution >= 0.6 is 0 Å². The van der Waals surface area contributed by atoms with Crippen molar-refractivity contribution in [3.05, 3.63) is 59.9 Å². The molecule has 3 rings (SSSR count). The average molecular weight is 421 g/mol. The lowest BCUT2D eigenvalue weighted by atomic mass is 10.0. The zero-order valence-corrected chi connectivity index (χ0v) is 16.8. The van der Waals surface area contributed by atoms with Gasteiger partial charge in [0.1, 0.15) is 5.75 Å². The number of nitriles is 1. The van der Waals surface area contributed by atoms with E-state index in [2.05, 4.69) is 4.98 Å². The summed E-state index contributed by atoms with van der Waals surface area (Å²) in [7, 11) is 0. The molecule has 31 heavy (non-hydrogen) atoms. The second-order valence-electron chi connectivity index (χ2n) is 7.01. The van der Waals surface area contributed by atoms with Crippen LogP contribution in [0, 0.1) is 11.3 Å². The summed E-state index contributed by atoms with van der Waals surface area (Å²) < 4.78 is 5.60. The molecule has 9 heteroatoms. The lowest BCUT2D eigenvalue weighted by Crippen LogP contribution is -2.55. The monoisotopic (exact) mass is 421 g/mol. The first kappa shape index (κ1) is 21.8. The van der Waals surface area contributed by atoms with Crippen LogP contribution in [0.1, 0.15) is 30.0 Å². The van der Waals surface area contributed by atoms with Gasteiger partial charge in [-0.2, -0.15) is 5.26 Å². The fourth-order valence-electron chi connectivity index (χ4n) is 3.41. The zero-order valence-electron chi connectivity index (χ0n) is 16.8. The molecule has 160 valence electrons. The Morgan fingerprint density at radius 1 is 1.19 bits per heavy atom. The van der Waals surface area contributed by atoms with Crippen molar-refractivity contribution in [3.63, 3.8) is 0 Å². The molecular weight excluding hydrogens is 400 g/mol. The number of hydrogen-bond acceptors (Lipinski definition) is 7. The van der Waals surface area contributed by atoms with Gasteiger partial charge in [-0.25, -0.2) is 0 Å². The van der Waals surface area contributed by atoms with E-state index in [1.807, 2.05) is 6.07 Å². The molecule has 1 aromatic heterocycles. The van der Waals surface area contributed by atoms with Crippen LogP contribution in [0.5, 0.6) is 5.75 Å². The SMILES string of the molecule is N#Cc1ccc(OCCCN2CCN(C(CC(=O)[O-])c3cccnc3)C(=O)C2=O)cc1. The number of aromatic nitrogens is 1. The first-order chi connectivity index (χ1) is 15.0. The van der Waals surface area contributed by atoms with E-state index in [1.165, 1.54) is 16.0 Å². The molecule has 1 atom stereocenters. The maximum atomic E-state index is 12.7. The number of piperazine rings is 1. The van der Waals surface area contributed by atoms with Gasteiger partial charge in [-0.1, -0.05) is 6.07 Å². The summed E-state index contributed by atoms with van der Waals surface area (Å²) in [6.07, 6.45) is 3.13. The lowest BCUT2D eigenvalue weighted by Gasteiger charge is -2.38. The molecule has 1 aromatic carbocycles. The molecule has 0 spiro atoms. The number of hydrogen-bond donors (Lipinski definition) is 0. The van der Waals surface area contributed by atoms with Crippen molar-refractivity contribution in [2.75, 3.05) is 26.2 Å². The predicted molar refractivity (Wildman–Crippen MR) is 106 cm³/mol. The number of pyridine rings is 1. The maximum absolute atomic E-state index is 12.7. The minimum absolute atomic E-state index is 0.216. The molecule has 0 saturated carbocycles. The van der Waals surface area contributed by atoms with Crippen LogP contribution in [0.3, 0.4) is 0 Å². The quantitative estimate of drug-likeness (QED) is 0.420. The average Bonchev–Trinajstić information content (AvgIpc) is 2.79. The smallest absolute Gasteiger partial charge is 0.312 e. The predicted octanol–water partition coefficient (Wildman–Crippen LogP) is 0.274. The van der Waals surface area contributed by atoms with E-state index >= 15 is 0 Å². The van der Waals surface area contributed by atoms with Crippen molar-refractivity contribution in [1.29, 1.82) is 5.26 Å². The Kier molecular flexibility index (Phi) is 7.17. The van der Waals surface area contributed by atoms with Gasteiger partial charge in [-0.15, -0.1) is 0 Å². The molecule has 0 bridgehead atoms. The van der Waals surface area contributed by atoms with Crippen LogP contribution < -0.4 is 9.84 Å². The van der Waals surface area contributed by atoms with Gasteiger partial charge in [0.2, 0.25) is 0 Å². The van der Waals surface area contributed by atoms with Crippen molar-refractivity contribution < 1.29 is 24.2 Å². The lowest BCUT2D eigenvalue weighted by molar-refractivity contribution is -0.306. The molecule has 1 saturated heterocycles. The van der Waals surface area contributed by atoms with Crippen LogP contribution in [-0.4, -0.2) is 58.8 Å². The molecule has 0 radical (unpaired) electrons. The van der Waals surface area contributed by atoms with E-state index in [0.29, 0.717) is 43.0 Å². The summed E-state index contributed by atoms with van der Waals surface area (Å²) in [5, 5.41) is 20.0. The Morgan fingerprint density at radius 2 is 1.97 bits per heavy atom. The van der Waals surface area contributed by atoms with Gasteiger partial charge in [-0.3, -0.25) is 14.6 Å². The summed E-state index contributed by atoms with van der Waals surface area (Å²) in [6.45, 7) is 1.20. The second-order valence-corrected chi connectivity index (χ2v) is 7.01. The van der Waals surface area contributed by atoms with E-state index in [1.54, 1.807) is 42.6 Å². The highest BCUT2D eigenvalue weighted by Gasteiger charge is 2.36. The van der Waals surface area contributed by atoms with Crippen molar-refractivity contribution >= 4 is 17.8 Å². The fraction of sp³-hybridized carbons (Fsp3) is 0.318. The molecule has 9 nitrogen and oxygen atoms in total. The van der Waals surface area contributed by atoms with E-state index in [-0.39, 0.29) is 6.54 Å². The normalized spacial score (nSPS) is 14.8. The highest BCUT2D eigenvalue weighted by molar-refractivity contribution is 6.35. The van der Waals surface area contributed by atoms with Gasteiger partial charge in [-0.05, 0) is 42.3 Å². The van der Waals surface area contributed by atoms with Gasteiger partial charge in [0.25, 0.3) is 0 Å². The van der Waals surface area contributed by atoms with Crippen LogP contribution in [-0.2, 0) is 14.4 Å². The van der Waals surface area contributed by atoms with Crippen molar-refractivity contribution in [2.45, 2.75) is 18.9 Å². The van der Waals surface area contributed by atoms with Gasteiger partial charge >= 0.3 is 11.8 Å². The summed E-state index contributed by atoms with van der Waals surface area (Å²) in [5.74, 6) is -2.10. The third-order valence-electron chi connectivity index (χ3n) is 4.97. The minimum Gasteiger partial charge on any atom is -0.550 e. The van der Waals surface area contributed by atoms with Gasteiger partial charge < -0.3 is 24.4 Å². The Bertz CT molecular complexity index is 972. The molecule has 2 heterocycles. The molecule has 1 fully saturated rings. The number of aliphatic carboxylic acids is 1. The van der Waals surface area contributed by atoms with E-state index in [4.69, 9.17) is 10.00 Å². The highest BCUT2D eigenvalue weighted by atomic mass is 16.5. The van der Waals surface area contributed by atoms with Gasteiger partial charge in [0.05, 0.1) is 24.3 Å². The van der Waals surface area contributed by atoms with Crippen LogP contribution in [0.2, 0.25) is 0 Å². The number of carbonyl (C=O) groups is 3. The van der Waals surface area contributed by atoms with Gasteiger partial charge in [0.15, 0.2) is 0 Å². The number of carbonyl (C=O) groups excluding carboxylic acids is 3. The summed E-state index contributed by atoms with van der Waals surface area (Å²) in [5.41, 5.74) is 1.08. The number of carboxylic acids is 1. The molecule has 2 aromatic rings. The van der Waals surface area contributed by atoms with Crippen molar-refractivity contribution in [1.82, 2.24) is 14.8 Å². The molecule has 1 unspecified atom stereocenters. The second kappa shape index (κ2) is 10.2. The topological polar surface area (TPSA) is 127 Å². The zero-order chi connectivity index (χ0) is 22.2. The van der Waals surface area contributed by atoms with Crippen LogP contribution in [0.15, 0.2) is 48.8 Å². The summed E-state index contributed by atoms with van der Waals surface area (Å²) in [6, 6.07) is 11.2. The molecule has 0 N–H and O–H groups in total. The van der Waals surface area contributed by atoms with E-state index < -0.39 is 30.2 Å². The van der Waals surface area contributed by atoms with Crippen molar-refractivity contribution in [2.24, 2.45) is 0 Å². The Hall–Kier alpha value is -3.93. The Labute approximate surface area is 179 Å². The van der Waals surface area contributed by atoms with E-state index in [0.717, 1.165) is 0 Å². The third-order valence-corrected chi connectivity index (χ3v) is 4.97. The number of benzene rings is 1. The van der Waals surface area contributed by atoms with Crippen LogP contribution in [0.25, 0.3) is 0 Å². The largest absolute Gasteiger partial charge is 0.550 e. The molecule has 2 amide bonds. The summed E-state index contributed by atoms with van der Waals surface area (Å²) >= 11 is 0. The maximum Gasteiger partial charge on any atom is 0.312 e. The molecule has 1 aliphatic heterocycles. The third kappa shape index (κ3) is 5.57. The number of ether oxygens (including phenoxy) is 1. The number of nitrogens with zero attached hydrogens (tertiary/aromatic N) is 4. The summed E-state index contributed by atoms with van der Waals surface area (Å²) in [4.78, 5) is 43.2. The Morgan fingerprint density at radius 3 is 2.61 bits per heavy atom. The van der Waals surface area contributed by atoms with E-state index in [9.17, 15) is 19.5 Å². The highest BCUT2D eigenvalue weighted by Crippen LogP contribution is 2.26. The number of rotatable bonds is 9. The van der Waals surface area contributed by atoms with Crippen molar-refractivity contribution in [3.8, 4) is 11.8 Å². The first-order valence-corrected chi connectivity index (χ1v) is 9.82. The van der Waals surface area contributed by atoms with Crippen LogP contribution in [0.4, 0.5) is 0 Å². The molecule has 0 aliphatic carbocycles.